The van der Waals surface area contributed by atoms with Crippen molar-refractivity contribution in [2.24, 2.45) is 5.73 Å². The van der Waals surface area contributed by atoms with Crippen molar-refractivity contribution < 1.29 is 19.1 Å². The van der Waals surface area contributed by atoms with Gasteiger partial charge >= 0.3 is 11.9 Å². The van der Waals surface area contributed by atoms with E-state index < -0.39 is 11.9 Å². The van der Waals surface area contributed by atoms with Crippen molar-refractivity contribution >= 4 is 22.8 Å². The highest BCUT2D eigenvalue weighted by molar-refractivity contribution is 5.86. The number of nitrogens with one attached hydrogen (secondary N) is 1. The van der Waals surface area contributed by atoms with E-state index in [4.69, 9.17) is 15.2 Å². The largest absolute Gasteiger partial charge is 0.461 e. The predicted molar refractivity (Wildman–Crippen MR) is 102 cm³/mol. The third kappa shape index (κ3) is 5.18. The monoisotopic (exact) mass is 366 g/mol. The number of aromatic nitrogens is 1. The molecule has 140 valence electrons. The summed E-state index contributed by atoms with van der Waals surface area (Å²) in [5, 5.41) is 0.980. The van der Waals surface area contributed by atoms with E-state index in [9.17, 15) is 9.59 Å². The Morgan fingerprint density at radius 1 is 1.00 bits per heavy atom. The maximum absolute atomic E-state index is 12.0. The molecule has 0 saturated carbocycles. The summed E-state index contributed by atoms with van der Waals surface area (Å²) < 4.78 is 10.5. The molecular formula is C21H22N2O4. The van der Waals surface area contributed by atoms with Crippen LogP contribution in [0, 0.1) is 0 Å². The summed E-state index contributed by atoms with van der Waals surface area (Å²) in [4.78, 5) is 27.0. The zero-order valence-corrected chi connectivity index (χ0v) is 14.9. The number of carbonyl (C=O) groups is 2. The Kier molecular flexibility index (Phi) is 6.22. The Labute approximate surface area is 157 Å². The highest BCUT2D eigenvalue weighted by Gasteiger charge is 2.12. The summed E-state index contributed by atoms with van der Waals surface area (Å²) in [6.45, 7) is 0.741. The van der Waals surface area contributed by atoms with Crippen LogP contribution in [0.5, 0.6) is 5.75 Å². The van der Waals surface area contributed by atoms with E-state index in [0.29, 0.717) is 12.3 Å². The fraction of sp³-hybridized carbons (Fsp3) is 0.238. The second-order valence-electron chi connectivity index (χ2n) is 6.18. The first-order valence-electron chi connectivity index (χ1n) is 8.86. The SMILES string of the molecule is NCCc1c[nH]c2ccc(OC(=O)CCC(=O)OCc3ccccc3)cc12. The normalized spacial score (nSPS) is 10.7. The maximum Gasteiger partial charge on any atom is 0.311 e. The number of nitrogens with two attached hydrogens (primary N) is 1. The lowest BCUT2D eigenvalue weighted by atomic mass is 10.1. The van der Waals surface area contributed by atoms with Crippen LogP contribution in [0.25, 0.3) is 10.9 Å². The molecule has 0 aliphatic carbocycles. The number of aromatic amines is 1. The molecule has 3 aromatic rings. The van der Waals surface area contributed by atoms with E-state index in [1.54, 1.807) is 6.07 Å². The Hall–Kier alpha value is -3.12. The molecule has 3 rings (SSSR count). The predicted octanol–water partition coefficient (Wildman–Crippen LogP) is 3.10. The lowest BCUT2D eigenvalue weighted by Gasteiger charge is -2.06. The minimum atomic E-state index is -0.470. The highest BCUT2D eigenvalue weighted by atomic mass is 16.5. The second kappa shape index (κ2) is 9.00. The van der Waals surface area contributed by atoms with E-state index >= 15 is 0 Å². The number of rotatable bonds is 8. The molecular weight excluding hydrogens is 344 g/mol. The molecule has 0 unspecified atom stereocenters. The molecule has 3 N–H and O–H groups in total. The summed E-state index contributed by atoms with van der Waals surface area (Å²) in [5.41, 5.74) is 8.56. The standard InChI is InChI=1S/C21H22N2O4/c22-11-10-16-13-23-19-7-6-17(12-18(16)19)27-21(25)9-8-20(24)26-14-15-4-2-1-3-5-15/h1-7,12-13,23H,8-11,14,22H2. The van der Waals surface area contributed by atoms with E-state index in [1.807, 2.05) is 48.7 Å². The smallest absolute Gasteiger partial charge is 0.311 e. The van der Waals surface area contributed by atoms with Crippen LogP contribution in [0.3, 0.4) is 0 Å². The first-order valence-corrected chi connectivity index (χ1v) is 8.86. The van der Waals surface area contributed by atoms with Crippen molar-refractivity contribution in [2.45, 2.75) is 25.9 Å². The molecule has 0 aliphatic heterocycles. The fourth-order valence-electron chi connectivity index (χ4n) is 2.78. The van der Waals surface area contributed by atoms with E-state index in [-0.39, 0.29) is 19.4 Å². The van der Waals surface area contributed by atoms with Crippen molar-refractivity contribution in [3.63, 3.8) is 0 Å². The van der Waals surface area contributed by atoms with Gasteiger partial charge in [-0.3, -0.25) is 9.59 Å². The number of hydrogen-bond donors (Lipinski definition) is 2. The van der Waals surface area contributed by atoms with Crippen LogP contribution < -0.4 is 10.5 Å². The van der Waals surface area contributed by atoms with Gasteiger partial charge in [0.1, 0.15) is 12.4 Å². The zero-order valence-electron chi connectivity index (χ0n) is 14.9. The molecule has 0 spiro atoms. The van der Waals surface area contributed by atoms with Crippen molar-refractivity contribution in [2.75, 3.05) is 6.54 Å². The van der Waals surface area contributed by atoms with Crippen LogP contribution in [0.2, 0.25) is 0 Å². The second-order valence-corrected chi connectivity index (χ2v) is 6.18. The van der Waals surface area contributed by atoms with Gasteiger partial charge < -0.3 is 20.2 Å². The van der Waals surface area contributed by atoms with Crippen LogP contribution in [0.4, 0.5) is 0 Å². The minimum absolute atomic E-state index is 0.0174. The molecule has 1 aromatic heterocycles. The van der Waals surface area contributed by atoms with Crippen LogP contribution >= 0.6 is 0 Å². The number of benzene rings is 2. The summed E-state index contributed by atoms with van der Waals surface area (Å²) in [6.07, 6.45) is 2.60. The van der Waals surface area contributed by atoms with Crippen molar-refractivity contribution in [1.29, 1.82) is 0 Å². The molecule has 27 heavy (non-hydrogen) atoms. The number of esters is 2. The number of carbonyl (C=O) groups excluding carboxylic acids is 2. The van der Waals surface area contributed by atoms with Gasteiger partial charge in [-0.05, 0) is 42.3 Å². The molecule has 0 amide bonds. The van der Waals surface area contributed by atoms with Crippen LogP contribution in [-0.4, -0.2) is 23.5 Å². The quantitative estimate of drug-likeness (QED) is 0.472. The van der Waals surface area contributed by atoms with Gasteiger partial charge in [0.05, 0.1) is 12.8 Å². The fourth-order valence-corrected chi connectivity index (χ4v) is 2.78. The van der Waals surface area contributed by atoms with Gasteiger partial charge in [-0.1, -0.05) is 30.3 Å². The van der Waals surface area contributed by atoms with Gasteiger partial charge in [0, 0.05) is 17.1 Å². The van der Waals surface area contributed by atoms with Crippen molar-refractivity contribution in [1.82, 2.24) is 4.98 Å². The minimum Gasteiger partial charge on any atom is -0.461 e. The third-order valence-corrected chi connectivity index (χ3v) is 4.16. The van der Waals surface area contributed by atoms with Gasteiger partial charge in [0.25, 0.3) is 0 Å². The lowest BCUT2D eigenvalue weighted by molar-refractivity contribution is -0.148. The average Bonchev–Trinajstić information content (AvgIpc) is 3.08. The molecule has 0 bridgehead atoms. The number of H-pyrrole nitrogens is 1. The summed E-state index contributed by atoms with van der Waals surface area (Å²) in [6, 6.07) is 14.8. The molecule has 6 nitrogen and oxygen atoms in total. The molecule has 2 aromatic carbocycles. The Morgan fingerprint density at radius 2 is 1.78 bits per heavy atom. The zero-order chi connectivity index (χ0) is 19.1. The van der Waals surface area contributed by atoms with Gasteiger partial charge in [0.2, 0.25) is 0 Å². The summed E-state index contributed by atoms with van der Waals surface area (Å²) in [7, 11) is 0. The van der Waals surface area contributed by atoms with E-state index in [0.717, 1.165) is 28.5 Å². The highest BCUT2D eigenvalue weighted by Crippen LogP contribution is 2.24. The van der Waals surface area contributed by atoms with Gasteiger partial charge in [-0.2, -0.15) is 0 Å². The van der Waals surface area contributed by atoms with E-state index in [1.165, 1.54) is 0 Å². The van der Waals surface area contributed by atoms with Gasteiger partial charge in [-0.25, -0.2) is 0 Å². The molecule has 0 fully saturated rings. The topological polar surface area (TPSA) is 94.4 Å². The molecule has 0 atom stereocenters. The van der Waals surface area contributed by atoms with Gasteiger partial charge in [0.15, 0.2) is 0 Å². The molecule has 0 radical (unpaired) electrons. The first-order chi connectivity index (χ1) is 13.2. The molecule has 0 aliphatic rings. The Balaban J connectivity index is 1.49. The van der Waals surface area contributed by atoms with Crippen LogP contribution in [0.1, 0.15) is 24.0 Å². The van der Waals surface area contributed by atoms with Crippen molar-refractivity contribution in [3.8, 4) is 5.75 Å². The van der Waals surface area contributed by atoms with Crippen molar-refractivity contribution in [3.05, 3.63) is 65.9 Å². The van der Waals surface area contributed by atoms with E-state index in [2.05, 4.69) is 4.98 Å². The summed E-state index contributed by atoms with van der Waals surface area (Å²) in [5.74, 6) is -0.452. The lowest BCUT2D eigenvalue weighted by Crippen LogP contribution is -2.12. The summed E-state index contributed by atoms with van der Waals surface area (Å²) >= 11 is 0. The number of ether oxygens (including phenoxy) is 2. The Bertz CT molecular complexity index is 918. The van der Waals surface area contributed by atoms with Crippen LogP contribution in [0.15, 0.2) is 54.7 Å². The molecule has 1 heterocycles. The maximum atomic E-state index is 12.0. The number of hydrogen-bond acceptors (Lipinski definition) is 5. The third-order valence-electron chi connectivity index (χ3n) is 4.16. The Morgan fingerprint density at radius 3 is 2.56 bits per heavy atom. The average molecular weight is 366 g/mol. The number of fused-ring (bicyclic) bond motifs is 1. The van der Waals surface area contributed by atoms with Gasteiger partial charge in [-0.15, -0.1) is 0 Å². The molecule has 0 saturated heterocycles. The first kappa shape index (κ1) is 18.7. The van der Waals surface area contributed by atoms with Crippen LogP contribution in [-0.2, 0) is 27.4 Å². The molecule has 6 heteroatoms.